The van der Waals surface area contributed by atoms with E-state index in [1.54, 1.807) is 24.3 Å². The lowest BCUT2D eigenvalue weighted by atomic mass is 10.2. The highest BCUT2D eigenvalue weighted by molar-refractivity contribution is 5.87. The quantitative estimate of drug-likeness (QED) is 0.857. The van der Waals surface area contributed by atoms with Crippen molar-refractivity contribution in [2.24, 2.45) is 0 Å². The van der Waals surface area contributed by atoms with Crippen LogP contribution < -0.4 is 10.5 Å². The molecule has 0 atom stereocenters. The fraction of sp³-hybridized carbons (Fsp3) is 0.0714. The number of nitrogens with two attached hydrogens (primary N) is 1. The van der Waals surface area contributed by atoms with Crippen LogP contribution in [-0.2, 0) is 4.74 Å². The van der Waals surface area contributed by atoms with Gasteiger partial charge >= 0.3 is 5.97 Å². The first-order valence-electron chi connectivity index (χ1n) is 5.67. The van der Waals surface area contributed by atoms with Gasteiger partial charge in [-0.3, -0.25) is 0 Å². The zero-order valence-corrected chi connectivity index (χ0v) is 10.7. The molecule has 1 aromatic carbocycles. The van der Waals surface area contributed by atoms with Gasteiger partial charge in [0.2, 0.25) is 5.88 Å². The summed E-state index contributed by atoms with van der Waals surface area (Å²) in [7, 11) is 1.27. The van der Waals surface area contributed by atoms with Gasteiger partial charge in [-0.2, -0.15) is 5.26 Å². The van der Waals surface area contributed by atoms with Crippen LogP contribution in [0.5, 0.6) is 11.6 Å². The molecule has 0 aliphatic carbocycles. The summed E-state index contributed by atoms with van der Waals surface area (Å²) in [6.45, 7) is 0. The third-order valence-corrected chi connectivity index (χ3v) is 2.48. The molecule has 2 rings (SSSR count). The van der Waals surface area contributed by atoms with Crippen LogP contribution in [0.3, 0.4) is 0 Å². The molecule has 0 unspecified atom stereocenters. The van der Waals surface area contributed by atoms with Crippen molar-refractivity contribution in [1.29, 1.82) is 5.26 Å². The minimum absolute atomic E-state index is 0.102. The highest BCUT2D eigenvalue weighted by atomic mass is 16.5. The number of nitrogen functional groups attached to an aromatic ring is 1. The summed E-state index contributed by atoms with van der Waals surface area (Å²) in [6, 6.07) is 11.4. The largest absolute Gasteiger partial charge is 0.464 e. The molecule has 0 bridgehead atoms. The van der Waals surface area contributed by atoms with Gasteiger partial charge in [0, 0.05) is 0 Å². The van der Waals surface area contributed by atoms with Gasteiger partial charge in [0.15, 0.2) is 5.69 Å². The average molecular weight is 269 g/mol. The zero-order valence-electron chi connectivity index (χ0n) is 10.7. The number of rotatable bonds is 3. The van der Waals surface area contributed by atoms with Crippen LogP contribution in [-0.4, -0.2) is 18.1 Å². The Bertz CT molecular complexity index is 675. The average Bonchev–Trinajstić information content (AvgIpc) is 2.49. The Morgan fingerprint density at radius 3 is 2.55 bits per heavy atom. The molecule has 20 heavy (non-hydrogen) atoms. The number of ether oxygens (including phenoxy) is 2. The molecule has 0 radical (unpaired) electrons. The van der Waals surface area contributed by atoms with Crippen LogP contribution in [0.2, 0.25) is 0 Å². The molecule has 0 saturated carbocycles. The van der Waals surface area contributed by atoms with Gasteiger partial charge in [0.05, 0.1) is 24.4 Å². The molecule has 2 aromatic rings. The highest BCUT2D eigenvalue weighted by Crippen LogP contribution is 2.25. The minimum Gasteiger partial charge on any atom is -0.464 e. The first-order valence-corrected chi connectivity index (χ1v) is 5.67. The molecule has 100 valence electrons. The first kappa shape index (κ1) is 13.4. The Kier molecular flexibility index (Phi) is 3.82. The number of benzene rings is 1. The van der Waals surface area contributed by atoms with Gasteiger partial charge in [-0.15, -0.1) is 0 Å². The predicted molar refractivity (Wildman–Crippen MR) is 71.2 cm³/mol. The van der Waals surface area contributed by atoms with Crippen molar-refractivity contribution in [2.75, 3.05) is 12.8 Å². The molecule has 1 aromatic heterocycles. The monoisotopic (exact) mass is 269 g/mol. The van der Waals surface area contributed by atoms with E-state index in [-0.39, 0.29) is 11.6 Å². The van der Waals surface area contributed by atoms with Crippen molar-refractivity contribution in [2.45, 2.75) is 0 Å². The number of nitriles is 1. The highest BCUT2D eigenvalue weighted by Gasteiger charge is 2.12. The number of nitrogens with zero attached hydrogens (tertiary/aromatic N) is 2. The van der Waals surface area contributed by atoms with E-state index in [4.69, 9.17) is 15.7 Å². The summed E-state index contributed by atoms with van der Waals surface area (Å²) in [6.07, 6.45) is 0. The first-order chi connectivity index (χ1) is 9.63. The third kappa shape index (κ3) is 2.84. The summed E-state index contributed by atoms with van der Waals surface area (Å²) < 4.78 is 10.1. The molecule has 0 fully saturated rings. The summed E-state index contributed by atoms with van der Waals surface area (Å²) >= 11 is 0. The number of esters is 1. The van der Waals surface area contributed by atoms with E-state index in [9.17, 15) is 4.79 Å². The second-order valence-corrected chi connectivity index (χ2v) is 3.82. The second kappa shape index (κ2) is 5.71. The van der Waals surface area contributed by atoms with E-state index in [1.807, 2.05) is 6.07 Å². The van der Waals surface area contributed by atoms with Crippen LogP contribution in [0.25, 0.3) is 0 Å². The van der Waals surface area contributed by atoms with Gasteiger partial charge < -0.3 is 15.2 Å². The maximum absolute atomic E-state index is 11.4. The molecule has 6 heteroatoms. The van der Waals surface area contributed by atoms with E-state index in [1.165, 1.54) is 19.2 Å². The van der Waals surface area contributed by atoms with Crippen LogP contribution in [0.4, 0.5) is 5.69 Å². The number of pyridine rings is 1. The fourth-order valence-corrected chi connectivity index (χ4v) is 1.46. The van der Waals surface area contributed by atoms with Crippen molar-refractivity contribution in [3.63, 3.8) is 0 Å². The van der Waals surface area contributed by atoms with Gasteiger partial charge in [0.25, 0.3) is 0 Å². The number of carbonyl (C=O) groups is 1. The van der Waals surface area contributed by atoms with Crippen molar-refractivity contribution in [3.05, 3.63) is 47.7 Å². The summed E-state index contributed by atoms with van der Waals surface area (Å²) in [5.74, 6) is -0.00231. The molecule has 0 saturated heterocycles. The van der Waals surface area contributed by atoms with Gasteiger partial charge in [-0.25, -0.2) is 9.78 Å². The maximum Gasteiger partial charge on any atom is 0.356 e. The summed E-state index contributed by atoms with van der Waals surface area (Å²) in [4.78, 5) is 15.4. The van der Waals surface area contributed by atoms with Crippen molar-refractivity contribution in [1.82, 2.24) is 4.98 Å². The minimum atomic E-state index is -0.574. The molecule has 0 spiro atoms. The second-order valence-electron chi connectivity index (χ2n) is 3.82. The number of methoxy groups -OCH3 is 1. The number of aromatic nitrogens is 1. The van der Waals surface area contributed by atoms with E-state index < -0.39 is 5.97 Å². The Hall–Kier alpha value is -3.07. The normalized spacial score (nSPS) is 9.60. The number of carbonyl (C=O) groups excluding carboxylic acids is 1. The molecule has 0 amide bonds. The lowest BCUT2D eigenvalue weighted by molar-refractivity contribution is 0.0593. The van der Waals surface area contributed by atoms with E-state index in [2.05, 4.69) is 9.72 Å². The molecule has 2 N–H and O–H groups in total. The third-order valence-electron chi connectivity index (χ3n) is 2.48. The Labute approximate surface area is 115 Å². The molecule has 0 aliphatic rings. The Morgan fingerprint density at radius 1 is 1.25 bits per heavy atom. The van der Waals surface area contributed by atoms with Crippen LogP contribution in [0, 0.1) is 11.3 Å². The van der Waals surface area contributed by atoms with Gasteiger partial charge in [0.1, 0.15) is 5.75 Å². The fourth-order valence-electron chi connectivity index (χ4n) is 1.46. The van der Waals surface area contributed by atoms with Crippen LogP contribution in [0.15, 0.2) is 36.4 Å². The summed E-state index contributed by atoms with van der Waals surface area (Å²) in [5, 5.41) is 8.71. The lowest BCUT2D eigenvalue weighted by Gasteiger charge is -2.08. The van der Waals surface area contributed by atoms with Crippen molar-refractivity contribution < 1.29 is 14.3 Å². The molecular weight excluding hydrogens is 258 g/mol. The summed E-state index contributed by atoms with van der Waals surface area (Å²) in [5.41, 5.74) is 6.65. The standard InChI is InChI=1S/C14H11N3O3/c1-19-14(18)12-7-6-11(16)13(17-12)20-10-4-2-9(8-15)3-5-10/h2-7H,16H2,1H3. The molecule has 1 heterocycles. The Morgan fingerprint density at radius 2 is 1.95 bits per heavy atom. The molecule has 6 nitrogen and oxygen atoms in total. The lowest BCUT2D eigenvalue weighted by Crippen LogP contribution is -2.06. The Balaban J connectivity index is 2.27. The van der Waals surface area contributed by atoms with Gasteiger partial charge in [-0.05, 0) is 36.4 Å². The van der Waals surface area contributed by atoms with Gasteiger partial charge in [-0.1, -0.05) is 0 Å². The number of hydrogen-bond acceptors (Lipinski definition) is 6. The topological polar surface area (TPSA) is 98.2 Å². The zero-order chi connectivity index (χ0) is 14.5. The van der Waals surface area contributed by atoms with E-state index in [0.29, 0.717) is 17.0 Å². The number of anilines is 1. The van der Waals surface area contributed by atoms with Crippen LogP contribution in [0.1, 0.15) is 16.1 Å². The van der Waals surface area contributed by atoms with Crippen molar-refractivity contribution >= 4 is 11.7 Å². The SMILES string of the molecule is COC(=O)c1ccc(N)c(Oc2ccc(C#N)cc2)n1. The predicted octanol–water partition coefficient (Wildman–Crippen LogP) is 2.11. The number of hydrogen-bond donors (Lipinski definition) is 1. The maximum atomic E-state index is 11.4. The van der Waals surface area contributed by atoms with Crippen molar-refractivity contribution in [3.8, 4) is 17.7 Å². The molecular formula is C14H11N3O3. The molecule has 0 aliphatic heterocycles. The van der Waals surface area contributed by atoms with E-state index in [0.717, 1.165) is 0 Å². The smallest absolute Gasteiger partial charge is 0.356 e. The van der Waals surface area contributed by atoms with Crippen LogP contribution >= 0.6 is 0 Å². The van der Waals surface area contributed by atoms with E-state index >= 15 is 0 Å².